The number of benzene rings is 2. The van der Waals surface area contributed by atoms with Crippen LogP contribution in [0.4, 0.5) is 5.69 Å². The molecule has 0 amide bonds. The van der Waals surface area contributed by atoms with E-state index in [-0.39, 0.29) is 0 Å². The molecule has 1 atom stereocenters. The summed E-state index contributed by atoms with van der Waals surface area (Å²) >= 11 is 12.7. The average Bonchev–Trinajstić information content (AvgIpc) is 2.37. The van der Waals surface area contributed by atoms with Crippen molar-refractivity contribution in [2.24, 2.45) is 0 Å². The molecule has 5 heteroatoms. The van der Waals surface area contributed by atoms with E-state index in [2.05, 4.69) is 43.2 Å². The number of rotatable bonds is 3. The first-order chi connectivity index (χ1) is 9.10. The van der Waals surface area contributed by atoms with E-state index >= 15 is 0 Å². The van der Waals surface area contributed by atoms with Gasteiger partial charge < -0.3 is 5.32 Å². The Morgan fingerprint density at radius 3 is 2.58 bits per heavy atom. The summed E-state index contributed by atoms with van der Waals surface area (Å²) in [5, 5.41) is 13.1. The lowest BCUT2D eigenvalue weighted by molar-refractivity contribution is 0.989. The van der Waals surface area contributed by atoms with Crippen LogP contribution in [-0.4, -0.2) is 0 Å². The van der Waals surface area contributed by atoms with Gasteiger partial charge in [0.25, 0.3) is 0 Å². The Balaban J connectivity index is 2.28. The summed E-state index contributed by atoms with van der Waals surface area (Å²) in [6, 6.07) is 14.9. The quantitative estimate of drug-likeness (QED) is 0.734. The molecule has 0 aliphatic carbocycles. The lowest BCUT2D eigenvalue weighted by Crippen LogP contribution is -2.09. The van der Waals surface area contributed by atoms with E-state index in [0.717, 1.165) is 20.2 Å². The number of nitrogens with zero attached hydrogens (tertiary/aromatic N) is 1. The van der Waals surface area contributed by atoms with Gasteiger partial charge >= 0.3 is 0 Å². The van der Waals surface area contributed by atoms with Gasteiger partial charge in [-0.15, -0.1) is 0 Å². The van der Waals surface area contributed by atoms with Crippen molar-refractivity contribution in [3.05, 3.63) is 62.0 Å². The van der Waals surface area contributed by atoms with E-state index in [1.807, 2.05) is 30.3 Å². The Hall–Kier alpha value is -1.02. The predicted molar refractivity (Wildman–Crippen MR) is 85.3 cm³/mol. The topological polar surface area (TPSA) is 35.8 Å². The van der Waals surface area contributed by atoms with Gasteiger partial charge in [-0.2, -0.15) is 5.26 Å². The van der Waals surface area contributed by atoms with Gasteiger partial charge in [-0.1, -0.05) is 55.6 Å². The second kappa shape index (κ2) is 6.42. The van der Waals surface area contributed by atoms with Crippen molar-refractivity contribution in [1.82, 2.24) is 0 Å². The van der Waals surface area contributed by atoms with Crippen molar-refractivity contribution in [1.29, 1.82) is 5.26 Å². The van der Waals surface area contributed by atoms with Gasteiger partial charge in [0.15, 0.2) is 0 Å². The van der Waals surface area contributed by atoms with Crippen LogP contribution in [0.3, 0.4) is 0 Å². The Morgan fingerprint density at radius 2 is 1.95 bits per heavy atom. The number of anilines is 1. The fraction of sp³-hybridized carbons (Fsp3) is 0.0714. The standard InChI is InChI=1S/C14H9Br2ClN2/c15-9-2-1-3-11(6-9)19-14(8-18)12-5-4-10(17)7-13(12)16/h1-7,14,19H. The lowest BCUT2D eigenvalue weighted by Gasteiger charge is -2.15. The molecule has 1 unspecified atom stereocenters. The zero-order valence-electron chi connectivity index (χ0n) is 9.70. The third-order valence-corrected chi connectivity index (χ3v) is 3.95. The number of hydrogen-bond acceptors (Lipinski definition) is 2. The van der Waals surface area contributed by atoms with E-state index in [1.54, 1.807) is 12.1 Å². The zero-order valence-corrected chi connectivity index (χ0v) is 13.6. The van der Waals surface area contributed by atoms with Gasteiger partial charge in [0, 0.05) is 25.2 Å². The molecule has 2 rings (SSSR count). The molecule has 19 heavy (non-hydrogen) atoms. The number of halogens is 3. The Morgan fingerprint density at radius 1 is 1.16 bits per heavy atom. The summed E-state index contributed by atoms with van der Waals surface area (Å²) in [5.74, 6) is 0. The summed E-state index contributed by atoms with van der Waals surface area (Å²) in [6.45, 7) is 0. The summed E-state index contributed by atoms with van der Waals surface area (Å²) < 4.78 is 1.78. The van der Waals surface area contributed by atoms with Crippen LogP contribution in [-0.2, 0) is 0 Å². The summed E-state index contributed by atoms with van der Waals surface area (Å²) in [6.07, 6.45) is 0. The summed E-state index contributed by atoms with van der Waals surface area (Å²) in [4.78, 5) is 0. The minimum Gasteiger partial charge on any atom is -0.366 e. The van der Waals surface area contributed by atoms with Crippen LogP contribution in [0.1, 0.15) is 11.6 Å². The van der Waals surface area contributed by atoms with E-state index in [0.29, 0.717) is 5.02 Å². The maximum atomic E-state index is 9.33. The third-order valence-electron chi connectivity index (χ3n) is 2.54. The Bertz CT molecular complexity index is 638. The third kappa shape index (κ3) is 3.73. The molecular formula is C14H9Br2ClN2. The molecule has 96 valence electrons. The number of hydrogen-bond donors (Lipinski definition) is 1. The second-order valence-corrected chi connectivity index (χ2v) is 6.09. The molecule has 0 aliphatic heterocycles. The van der Waals surface area contributed by atoms with Crippen molar-refractivity contribution in [3.8, 4) is 6.07 Å². The van der Waals surface area contributed by atoms with E-state index in [1.165, 1.54) is 0 Å². The van der Waals surface area contributed by atoms with Crippen molar-refractivity contribution < 1.29 is 0 Å². The minimum absolute atomic E-state index is 0.444. The van der Waals surface area contributed by atoms with Crippen molar-refractivity contribution >= 4 is 49.1 Å². The van der Waals surface area contributed by atoms with Crippen LogP contribution in [0.5, 0.6) is 0 Å². The maximum absolute atomic E-state index is 9.33. The molecular weight excluding hydrogens is 391 g/mol. The molecule has 0 heterocycles. The van der Waals surface area contributed by atoms with Gasteiger partial charge in [-0.25, -0.2) is 0 Å². The largest absolute Gasteiger partial charge is 0.366 e. The van der Waals surface area contributed by atoms with Crippen LogP contribution in [0.15, 0.2) is 51.4 Å². The molecule has 0 fully saturated rings. The molecule has 2 aromatic carbocycles. The minimum atomic E-state index is -0.444. The maximum Gasteiger partial charge on any atom is 0.141 e. The van der Waals surface area contributed by atoms with Gasteiger partial charge in [0.05, 0.1) is 6.07 Å². The molecule has 0 bridgehead atoms. The van der Waals surface area contributed by atoms with Crippen LogP contribution >= 0.6 is 43.5 Å². The fourth-order valence-corrected chi connectivity index (χ4v) is 2.97. The summed E-state index contributed by atoms with van der Waals surface area (Å²) in [7, 11) is 0. The molecule has 0 radical (unpaired) electrons. The first-order valence-electron chi connectivity index (χ1n) is 5.47. The normalized spacial score (nSPS) is 11.7. The van der Waals surface area contributed by atoms with Crippen molar-refractivity contribution in [3.63, 3.8) is 0 Å². The van der Waals surface area contributed by atoms with Gasteiger partial charge in [0.2, 0.25) is 0 Å². The predicted octanol–water partition coefficient (Wildman–Crippen LogP) is 5.54. The van der Waals surface area contributed by atoms with Gasteiger partial charge in [0.1, 0.15) is 6.04 Å². The smallest absolute Gasteiger partial charge is 0.141 e. The molecule has 0 aliphatic rings. The molecule has 2 nitrogen and oxygen atoms in total. The van der Waals surface area contributed by atoms with Crippen LogP contribution in [0.2, 0.25) is 5.02 Å². The van der Waals surface area contributed by atoms with Crippen molar-refractivity contribution in [2.75, 3.05) is 5.32 Å². The first kappa shape index (κ1) is 14.4. The first-order valence-corrected chi connectivity index (χ1v) is 7.43. The fourth-order valence-electron chi connectivity index (χ4n) is 1.66. The lowest BCUT2D eigenvalue weighted by atomic mass is 10.1. The van der Waals surface area contributed by atoms with E-state index in [9.17, 15) is 5.26 Å². The van der Waals surface area contributed by atoms with Crippen LogP contribution < -0.4 is 5.32 Å². The average molecular weight is 401 g/mol. The zero-order chi connectivity index (χ0) is 13.8. The highest BCUT2D eigenvalue weighted by Gasteiger charge is 2.14. The number of nitriles is 1. The monoisotopic (exact) mass is 398 g/mol. The highest BCUT2D eigenvalue weighted by atomic mass is 79.9. The Kier molecular flexibility index (Phi) is 4.87. The van der Waals surface area contributed by atoms with Crippen molar-refractivity contribution in [2.45, 2.75) is 6.04 Å². The molecule has 0 saturated carbocycles. The Labute approximate surface area is 133 Å². The van der Waals surface area contributed by atoms with Gasteiger partial charge in [-0.05, 0) is 30.3 Å². The van der Waals surface area contributed by atoms with Gasteiger partial charge in [-0.3, -0.25) is 0 Å². The SMILES string of the molecule is N#CC(Nc1cccc(Br)c1)c1ccc(Cl)cc1Br. The van der Waals surface area contributed by atoms with E-state index in [4.69, 9.17) is 11.6 Å². The molecule has 0 saturated heterocycles. The van der Waals surface area contributed by atoms with E-state index < -0.39 is 6.04 Å². The summed E-state index contributed by atoms with van der Waals surface area (Å²) in [5.41, 5.74) is 1.73. The van der Waals surface area contributed by atoms with Crippen LogP contribution in [0.25, 0.3) is 0 Å². The highest BCUT2D eigenvalue weighted by molar-refractivity contribution is 9.10. The number of nitrogens with one attached hydrogen (secondary N) is 1. The molecule has 0 aromatic heterocycles. The molecule has 2 aromatic rings. The molecule has 1 N–H and O–H groups in total. The second-order valence-electron chi connectivity index (χ2n) is 3.88. The van der Waals surface area contributed by atoms with Crippen LogP contribution in [0, 0.1) is 11.3 Å². The highest BCUT2D eigenvalue weighted by Crippen LogP contribution is 2.29. The molecule has 0 spiro atoms.